The van der Waals surface area contributed by atoms with Crippen LogP contribution >= 0.6 is 0 Å². The number of methoxy groups -OCH3 is 1. The molecule has 36 heavy (non-hydrogen) atoms. The summed E-state index contributed by atoms with van der Waals surface area (Å²) in [7, 11) is -3.33. The number of sulfonamides is 1. The number of ether oxygens (including phenoxy) is 2. The number of aryl methyl sites for hydroxylation is 2. The Bertz CT molecular complexity index is 1340. The van der Waals surface area contributed by atoms with E-state index in [1.165, 1.54) is 32.4 Å². The van der Waals surface area contributed by atoms with Crippen LogP contribution in [0.5, 0.6) is 5.75 Å². The quantitative estimate of drug-likeness (QED) is 0.372. The maximum atomic E-state index is 14.2. The molecule has 0 N–H and O–H groups in total. The van der Waals surface area contributed by atoms with E-state index in [0.717, 1.165) is 9.87 Å². The lowest BCUT2D eigenvalue weighted by Crippen LogP contribution is -2.36. The lowest BCUT2D eigenvalue weighted by atomic mass is 10.1. The zero-order valence-corrected chi connectivity index (χ0v) is 20.9. The fourth-order valence-electron chi connectivity index (χ4n) is 3.34. The molecule has 0 bridgehead atoms. The number of carbonyl (C=O) groups is 1. The van der Waals surface area contributed by atoms with Crippen LogP contribution in [0.1, 0.15) is 34.1 Å². The molecular weight excluding hydrogens is 497 g/mol. The highest BCUT2D eigenvalue weighted by atomic mass is 32.2. The third-order valence-corrected chi connectivity index (χ3v) is 7.06. The summed E-state index contributed by atoms with van der Waals surface area (Å²) in [5, 5.41) is 0. The highest BCUT2D eigenvalue weighted by Gasteiger charge is 2.30. The van der Waals surface area contributed by atoms with E-state index >= 15 is 0 Å². The molecule has 0 radical (unpaired) electrons. The molecule has 0 aliphatic rings. The van der Waals surface area contributed by atoms with Crippen LogP contribution in [0.15, 0.2) is 53.6 Å². The molecule has 11 heteroatoms. The molecule has 1 aromatic heterocycles. The highest BCUT2D eigenvalue weighted by Crippen LogP contribution is 2.36. The molecular formula is C25H25F3N2O5S. The normalized spacial score (nSPS) is 12.2. The minimum absolute atomic E-state index is 0.00143. The van der Waals surface area contributed by atoms with E-state index in [0.29, 0.717) is 29.5 Å². The first kappa shape index (κ1) is 27.0. The summed E-state index contributed by atoms with van der Waals surface area (Å²) in [5.41, 5.74) is 2.12. The second-order valence-corrected chi connectivity index (χ2v) is 10.0. The van der Waals surface area contributed by atoms with Gasteiger partial charge in [-0.15, -0.1) is 0 Å². The van der Waals surface area contributed by atoms with Gasteiger partial charge in [0.2, 0.25) is 0 Å². The Morgan fingerprint density at radius 1 is 1.06 bits per heavy atom. The first-order chi connectivity index (χ1) is 16.9. The molecule has 3 aromatic rings. The van der Waals surface area contributed by atoms with Gasteiger partial charge in [0.15, 0.2) is 0 Å². The van der Waals surface area contributed by atoms with Crippen LogP contribution in [-0.4, -0.2) is 39.2 Å². The summed E-state index contributed by atoms with van der Waals surface area (Å²) in [6, 6.07) is 8.02. The lowest BCUT2D eigenvalue weighted by molar-refractivity contribution is 0.0600. The molecule has 7 nitrogen and oxygen atoms in total. The van der Waals surface area contributed by atoms with Gasteiger partial charge in [0.1, 0.15) is 30.2 Å². The van der Waals surface area contributed by atoms with Crippen LogP contribution in [0.3, 0.4) is 0 Å². The van der Waals surface area contributed by atoms with Crippen LogP contribution in [0, 0.1) is 25.5 Å². The third-order valence-electron chi connectivity index (χ3n) is 5.31. The van der Waals surface area contributed by atoms with Gasteiger partial charge in [-0.05, 0) is 68.3 Å². The average Bonchev–Trinajstić information content (AvgIpc) is 2.82. The first-order valence-electron chi connectivity index (χ1n) is 10.8. The summed E-state index contributed by atoms with van der Waals surface area (Å²) in [6.45, 7) is 3.97. The van der Waals surface area contributed by atoms with Gasteiger partial charge in [0.25, 0.3) is 10.0 Å². The molecule has 0 saturated heterocycles. The number of benzene rings is 2. The van der Waals surface area contributed by atoms with Gasteiger partial charge in [-0.3, -0.25) is 9.29 Å². The average molecular weight is 523 g/mol. The van der Waals surface area contributed by atoms with Gasteiger partial charge < -0.3 is 9.47 Å². The van der Waals surface area contributed by atoms with Crippen molar-refractivity contribution in [3.8, 4) is 5.75 Å². The number of hydrogen-bond acceptors (Lipinski definition) is 6. The number of nitrogens with zero attached hydrogens (tertiary/aromatic N) is 2. The second kappa shape index (κ2) is 11.0. The number of rotatable bonds is 9. The zero-order valence-electron chi connectivity index (χ0n) is 20.1. The van der Waals surface area contributed by atoms with E-state index in [1.54, 1.807) is 26.0 Å². The van der Waals surface area contributed by atoms with Crippen molar-refractivity contribution >= 4 is 21.7 Å². The minimum atomic E-state index is -4.58. The summed E-state index contributed by atoms with van der Waals surface area (Å²) >= 11 is 0. The highest BCUT2D eigenvalue weighted by molar-refractivity contribution is 7.92. The van der Waals surface area contributed by atoms with Crippen molar-refractivity contribution in [3.63, 3.8) is 0 Å². The van der Waals surface area contributed by atoms with Crippen molar-refractivity contribution in [2.75, 3.05) is 18.0 Å². The molecule has 0 spiro atoms. The molecule has 3 rings (SSSR count). The van der Waals surface area contributed by atoms with Gasteiger partial charge in [-0.2, -0.15) is 0 Å². The van der Waals surface area contributed by atoms with Crippen molar-refractivity contribution in [3.05, 3.63) is 82.7 Å². The lowest BCUT2D eigenvalue weighted by Gasteiger charge is -2.28. The van der Waals surface area contributed by atoms with Crippen molar-refractivity contribution in [1.82, 2.24) is 4.98 Å². The van der Waals surface area contributed by atoms with E-state index in [4.69, 9.17) is 4.74 Å². The minimum Gasteiger partial charge on any atom is -0.485 e. The number of alkyl halides is 1. The Labute approximate surface area is 207 Å². The van der Waals surface area contributed by atoms with E-state index in [2.05, 4.69) is 9.72 Å². The molecule has 0 aliphatic heterocycles. The van der Waals surface area contributed by atoms with E-state index in [-0.39, 0.29) is 23.6 Å². The van der Waals surface area contributed by atoms with Crippen LogP contribution in [0.25, 0.3) is 0 Å². The van der Waals surface area contributed by atoms with E-state index < -0.39 is 45.2 Å². The number of hydrogen-bond donors (Lipinski definition) is 0. The Kier molecular flexibility index (Phi) is 8.24. The van der Waals surface area contributed by atoms with Crippen LogP contribution in [-0.2, 0) is 21.4 Å². The SMILES string of the molecule is COC(=O)c1ccc(COc2cc(C)c(C)cc2N(CC(C)F)S(=O)(=O)c2cc(F)cc(F)c2)nc1. The number of pyridine rings is 1. The number of anilines is 1. The number of aromatic nitrogens is 1. The van der Waals surface area contributed by atoms with Crippen molar-refractivity contribution in [1.29, 1.82) is 0 Å². The topological polar surface area (TPSA) is 85.8 Å². The van der Waals surface area contributed by atoms with Gasteiger partial charge in [0.05, 0.1) is 35.5 Å². The summed E-state index contributed by atoms with van der Waals surface area (Å²) in [5.74, 6) is -2.63. The molecule has 0 fully saturated rings. The van der Waals surface area contributed by atoms with Crippen LogP contribution < -0.4 is 9.04 Å². The van der Waals surface area contributed by atoms with Crippen molar-refractivity contribution < 1.29 is 35.9 Å². The number of carbonyl (C=O) groups excluding carboxylic acids is 1. The molecule has 0 aliphatic carbocycles. The van der Waals surface area contributed by atoms with Crippen LogP contribution in [0.2, 0.25) is 0 Å². The van der Waals surface area contributed by atoms with Gasteiger partial charge in [-0.1, -0.05) is 0 Å². The second-order valence-electron chi connectivity index (χ2n) is 8.14. The predicted octanol–water partition coefficient (Wildman–Crippen LogP) is 4.90. The standard InChI is InChI=1S/C25H25F3N2O5S/c1-15-7-23(30(13-17(3)26)36(32,33)22-10-19(27)9-20(28)11-22)24(8-16(15)2)35-14-21-6-5-18(12-29-21)25(31)34-4/h5-12,17H,13-14H2,1-4H3. The summed E-state index contributed by atoms with van der Waals surface area (Å²) in [6.07, 6.45) is -0.300. The Balaban J connectivity index is 2.03. The number of esters is 1. The zero-order chi connectivity index (χ0) is 26.6. The van der Waals surface area contributed by atoms with Crippen molar-refractivity contribution in [2.24, 2.45) is 0 Å². The van der Waals surface area contributed by atoms with E-state index in [1.807, 2.05) is 0 Å². The van der Waals surface area contributed by atoms with Gasteiger partial charge >= 0.3 is 5.97 Å². The first-order valence-corrected chi connectivity index (χ1v) is 12.3. The molecule has 0 amide bonds. The molecule has 2 aromatic carbocycles. The summed E-state index contributed by atoms with van der Waals surface area (Å²) < 4.78 is 80.0. The van der Waals surface area contributed by atoms with Crippen molar-refractivity contribution in [2.45, 2.75) is 38.4 Å². The maximum absolute atomic E-state index is 14.2. The van der Waals surface area contributed by atoms with Crippen LogP contribution in [0.4, 0.5) is 18.9 Å². The summed E-state index contributed by atoms with van der Waals surface area (Å²) in [4.78, 5) is 15.1. The van der Waals surface area contributed by atoms with Gasteiger partial charge in [-0.25, -0.2) is 26.4 Å². The molecule has 1 unspecified atom stereocenters. The predicted molar refractivity (Wildman–Crippen MR) is 127 cm³/mol. The van der Waals surface area contributed by atoms with Gasteiger partial charge in [0, 0.05) is 12.3 Å². The Morgan fingerprint density at radius 3 is 2.25 bits per heavy atom. The molecule has 0 saturated carbocycles. The molecule has 192 valence electrons. The van der Waals surface area contributed by atoms with E-state index in [9.17, 15) is 26.4 Å². The Morgan fingerprint density at radius 2 is 1.69 bits per heavy atom. The monoisotopic (exact) mass is 522 g/mol. The fourth-order valence-corrected chi connectivity index (χ4v) is 4.93. The number of halogens is 3. The molecule has 1 heterocycles. The smallest absolute Gasteiger partial charge is 0.339 e. The Hall–Kier alpha value is -3.60. The largest absolute Gasteiger partial charge is 0.485 e. The molecule has 1 atom stereocenters. The fraction of sp³-hybridized carbons (Fsp3) is 0.280. The third kappa shape index (κ3) is 6.14. The maximum Gasteiger partial charge on any atom is 0.339 e.